The van der Waals surface area contributed by atoms with Crippen LogP contribution in [0.15, 0.2) is 94.6 Å². The van der Waals surface area contributed by atoms with Crippen LogP contribution in [0.25, 0.3) is 28.5 Å². The second-order valence-electron chi connectivity index (χ2n) is 6.65. The van der Waals surface area contributed by atoms with Crippen LogP contribution in [0.1, 0.15) is 5.89 Å². The molecule has 3 aromatic carbocycles. The van der Waals surface area contributed by atoms with Gasteiger partial charge in [0.15, 0.2) is 11.0 Å². The molecule has 0 aliphatic rings. The van der Waals surface area contributed by atoms with Crippen molar-refractivity contribution < 1.29 is 8.91 Å². The average molecular weight is 429 g/mol. The van der Waals surface area contributed by atoms with Crippen LogP contribution in [0.2, 0.25) is 0 Å². The number of hydrogen-bond acceptors (Lipinski definition) is 6. The summed E-state index contributed by atoms with van der Waals surface area (Å²) in [5, 5.41) is 13.5. The number of aromatic nitrogens is 5. The molecule has 152 valence electrons. The van der Waals surface area contributed by atoms with Gasteiger partial charge in [0.1, 0.15) is 5.82 Å². The number of para-hydroxylation sites is 1. The lowest BCUT2D eigenvalue weighted by Crippen LogP contribution is -1.99. The zero-order valence-electron chi connectivity index (χ0n) is 16.2. The van der Waals surface area contributed by atoms with Crippen LogP contribution in [-0.4, -0.2) is 24.9 Å². The van der Waals surface area contributed by atoms with Crippen molar-refractivity contribution in [2.45, 2.75) is 10.9 Å². The first-order valence-electron chi connectivity index (χ1n) is 9.55. The van der Waals surface area contributed by atoms with Crippen LogP contribution in [-0.2, 0) is 5.75 Å². The SMILES string of the molecule is Fc1ccc(-c2nnc(SCc3nc(-c4ccccc4)no3)n2-c2ccccc2)cc1. The van der Waals surface area contributed by atoms with E-state index in [9.17, 15) is 4.39 Å². The summed E-state index contributed by atoms with van der Waals surface area (Å²) in [4.78, 5) is 4.47. The zero-order valence-corrected chi connectivity index (χ0v) is 17.0. The molecule has 0 bridgehead atoms. The van der Waals surface area contributed by atoms with Crippen molar-refractivity contribution in [2.75, 3.05) is 0 Å². The summed E-state index contributed by atoms with van der Waals surface area (Å²) >= 11 is 1.44. The fourth-order valence-electron chi connectivity index (χ4n) is 3.10. The van der Waals surface area contributed by atoms with Gasteiger partial charge in [0.05, 0.1) is 5.75 Å². The van der Waals surface area contributed by atoms with Crippen LogP contribution >= 0.6 is 11.8 Å². The molecule has 0 aliphatic heterocycles. The summed E-state index contributed by atoms with van der Waals surface area (Å²) < 4.78 is 20.7. The van der Waals surface area contributed by atoms with Crippen molar-refractivity contribution in [1.29, 1.82) is 0 Å². The molecule has 31 heavy (non-hydrogen) atoms. The molecule has 0 spiro atoms. The molecule has 5 aromatic rings. The van der Waals surface area contributed by atoms with Gasteiger partial charge in [-0.1, -0.05) is 65.4 Å². The Hall–Kier alpha value is -3.78. The average Bonchev–Trinajstić information content (AvgIpc) is 3.47. The summed E-state index contributed by atoms with van der Waals surface area (Å²) in [5.41, 5.74) is 2.58. The first-order valence-corrected chi connectivity index (χ1v) is 10.5. The van der Waals surface area contributed by atoms with Crippen molar-refractivity contribution in [1.82, 2.24) is 24.9 Å². The van der Waals surface area contributed by atoms with Crippen molar-refractivity contribution in [3.63, 3.8) is 0 Å². The van der Waals surface area contributed by atoms with Gasteiger partial charge in [-0.05, 0) is 36.4 Å². The third-order valence-electron chi connectivity index (χ3n) is 4.57. The summed E-state index contributed by atoms with van der Waals surface area (Å²) in [6, 6.07) is 25.7. The van der Waals surface area contributed by atoms with Gasteiger partial charge < -0.3 is 4.52 Å². The molecule has 0 fully saturated rings. The molecular weight excluding hydrogens is 413 g/mol. The third kappa shape index (κ3) is 4.10. The predicted octanol–water partition coefficient (Wildman–Crippen LogP) is 5.42. The summed E-state index contributed by atoms with van der Waals surface area (Å²) in [6.45, 7) is 0. The molecule has 0 unspecified atom stereocenters. The van der Waals surface area contributed by atoms with Crippen LogP contribution in [0.5, 0.6) is 0 Å². The van der Waals surface area contributed by atoms with E-state index in [-0.39, 0.29) is 5.82 Å². The van der Waals surface area contributed by atoms with Gasteiger partial charge in [-0.3, -0.25) is 4.57 Å². The van der Waals surface area contributed by atoms with Crippen LogP contribution in [0.3, 0.4) is 0 Å². The van der Waals surface area contributed by atoms with Gasteiger partial charge in [-0.2, -0.15) is 4.98 Å². The number of halogens is 1. The van der Waals surface area contributed by atoms with E-state index >= 15 is 0 Å². The fourth-order valence-corrected chi connectivity index (χ4v) is 3.89. The van der Waals surface area contributed by atoms with E-state index in [1.54, 1.807) is 12.1 Å². The Balaban J connectivity index is 1.44. The van der Waals surface area contributed by atoms with Gasteiger partial charge in [0.2, 0.25) is 11.7 Å². The molecule has 5 rings (SSSR count). The Labute approximate surface area is 181 Å². The molecule has 6 nitrogen and oxygen atoms in total. The maximum absolute atomic E-state index is 13.4. The van der Waals surface area contributed by atoms with Gasteiger partial charge in [-0.15, -0.1) is 10.2 Å². The maximum atomic E-state index is 13.4. The van der Waals surface area contributed by atoms with Crippen molar-refractivity contribution in [2.24, 2.45) is 0 Å². The van der Waals surface area contributed by atoms with Gasteiger partial charge in [-0.25, -0.2) is 4.39 Å². The molecule has 0 saturated heterocycles. The second kappa shape index (κ2) is 8.53. The quantitative estimate of drug-likeness (QED) is 0.336. The number of rotatable bonds is 6. The highest BCUT2D eigenvalue weighted by Crippen LogP contribution is 2.30. The van der Waals surface area contributed by atoms with E-state index in [1.807, 2.05) is 65.2 Å². The van der Waals surface area contributed by atoms with E-state index in [1.165, 1.54) is 23.9 Å². The number of thioether (sulfide) groups is 1. The van der Waals surface area contributed by atoms with Crippen LogP contribution in [0, 0.1) is 5.82 Å². The van der Waals surface area contributed by atoms with Crippen molar-refractivity contribution in [3.05, 3.63) is 96.6 Å². The summed E-state index contributed by atoms with van der Waals surface area (Å²) in [5.74, 6) is 1.82. The van der Waals surface area contributed by atoms with E-state index < -0.39 is 0 Å². The Kier molecular flexibility index (Phi) is 5.28. The molecule has 0 N–H and O–H groups in total. The van der Waals surface area contributed by atoms with E-state index in [2.05, 4.69) is 20.3 Å². The molecule has 0 saturated carbocycles. The molecule has 0 atom stereocenters. The van der Waals surface area contributed by atoms with Gasteiger partial charge >= 0.3 is 0 Å². The van der Waals surface area contributed by atoms with Crippen molar-refractivity contribution >= 4 is 11.8 Å². The summed E-state index contributed by atoms with van der Waals surface area (Å²) in [7, 11) is 0. The largest absolute Gasteiger partial charge is 0.338 e. The third-order valence-corrected chi connectivity index (χ3v) is 5.49. The number of nitrogens with zero attached hydrogens (tertiary/aromatic N) is 5. The van der Waals surface area contributed by atoms with Gasteiger partial charge in [0.25, 0.3) is 0 Å². The lowest BCUT2D eigenvalue weighted by atomic mass is 10.2. The van der Waals surface area contributed by atoms with E-state index in [4.69, 9.17) is 4.52 Å². The number of benzene rings is 3. The minimum absolute atomic E-state index is 0.297. The lowest BCUT2D eigenvalue weighted by molar-refractivity contribution is 0.391. The first kappa shape index (κ1) is 19.2. The lowest BCUT2D eigenvalue weighted by Gasteiger charge is -2.09. The Morgan fingerprint density at radius 1 is 0.806 bits per heavy atom. The first-order chi connectivity index (χ1) is 15.3. The minimum Gasteiger partial charge on any atom is -0.338 e. The molecule has 2 heterocycles. The van der Waals surface area contributed by atoms with E-state index in [0.29, 0.717) is 28.4 Å². The predicted molar refractivity (Wildman–Crippen MR) is 116 cm³/mol. The molecule has 8 heteroatoms. The Bertz CT molecular complexity index is 1290. The topological polar surface area (TPSA) is 69.6 Å². The normalized spacial score (nSPS) is 11.0. The standard InChI is InChI=1S/C23H16FN5OS/c24-18-13-11-17(12-14-18)22-26-27-23(29(22)19-9-5-2-6-10-19)31-15-20-25-21(28-30-20)16-7-3-1-4-8-16/h1-14H,15H2. The van der Waals surface area contributed by atoms with E-state index in [0.717, 1.165) is 16.8 Å². The second-order valence-corrected chi connectivity index (χ2v) is 7.59. The Morgan fingerprint density at radius 2 is 1.52 bits per heavy atom. The zero-order chi connectivity index (χ0) is 21.0. The monoisotopic (exact) mass is 429 g/mol. The molecule has 0 radical (unpaired) electrons. The fraction of sp³-hybridized carbons (Fsp3) is 0.0435. The Morgan fingerprint density at radius 3 is 2.26 bits per heavy atom. The molecule has 0 amide bonds. The van der Waals surface area contributed by atoms with Gasteiger partial charge in [0, 0.05) is 16.8 Å². The number of hydrogen-bond donors (Lipinski definition) is 0. The minimum atomic E-state index is -0.297. The van der Waals surface area contributed by atoms with Crippen molar-refractivity contribution in [3.8, 4) is 28.5 Å². The van der Waals surface area contributed by atoms with Crippen LogP contribution < -0.4 is 0 Å². The molecular formula is C23H16FN5OS. The van der Waals surface area contributed by atoms with Crippen LogP contribution in [0.4, 0.5) is 4.39 Å². The smallest absolute Gasteiger partial charge is 0.237 e. The highest BCUT2D eigenvalue weighted by Gasteiger charge is 2.18. The molecule has 2 aromatic heterocycles. The highest BCUT2D eigenvalue weighted by molar-refractivity contribution is 7.98. The summed E-state index contributed by atoms with van der Waals surface area (Å²) in [6.07, 6.45) is 0. The maximum Gasteiger partial charge on any atom is 0.237 e. The highest BCUT2D eigenvalue weighted by atomic mass is 32.2. The molecule has 0 aliphatic carbocycles.